The SMILES string of the molecule is CCCS(=O)(=O)N1CCN(C(=O)C(C)(N)C(F)(F)F)CC1. The summed E-state index contributed by atoms with van der Waals surface area (Å²) in [6, 6.07) is 0. The van der Waals surface area contributed by atoms with Crippen LogP contribution in [-0.2, 0) is 14.8 Å². The number of nitrogens with zero attached hydrogens (tertiary/aromatic N) is 2. The van der Waals surface area contributed by atoms with Crippen LogP contribution in [0.4, 0.5) is 13.2 Å². The number of alkyl halides is 3. The molecular formula is C11H20F3N3O3S. The van der Waals surface area contributed by atoms with Gasteiger partial charge in [-0.15, -0.1) is 0 Å². The van der Waals surface area contributed by atoms with Gasteiger partial charge in [-0.05, 0) is 13.3 Å². The predicted octanol–water partition coefficient (Wildman–Crippen LogP) is 0.150. The zero-order valence-corrected chi connectivity index (χ0v) is 12.8. The van der Waals surface area contributed by atoms with E-state index in [9.17, 15) is 26.4 Å². The molecule has 0 aliphatic carbocycles. The Labute approximate surface area is 122 Å². The summed E-state index contributed by atoms with van der Waals surface area (Å²) in [5.74, 6) is -1.25. The van der Waals surface area contributed by atoms with Crippen LogP contribution in [-0.4, -0.2) is 67.2 Å². The molecule has 124 valence electrons. The highest BCUT2D eigenvalue weighted by Crippen LogP contribution is 2.30. The molecule has 1 aliphatic heterocycles. The van der Waals surface area contributed by atoms with Crippen molar-refractivity contribution < 1.29 is 26.4 Å². The van der Waals surface area contributed by atoms with Crippen LogP contribution in [0.25, 0.3) is 0 Å². The molecule has 6 nitrogen and oxygen atoms in total. The first-order valence-electron chi connectivity index (χ1n) is 6.56. The van der Waals surface area contributed by atoms with Gasteiger partial charge in [-0.25, -0.2) is 8.42 Å². The van der Waals surface area contributed by atoms with Gasteiger partial charge in [0.05, 0.1) is 5.75 Å². The molecule has 1 unspecified atom stereocenters. The Morgan fingerprint density at radius 1 is 1.19 bits per heavy atom. The number of hydrogen-bond donors (Lipinski definition) is 1. The topological polar surface area (TPSA) is 83.7 Å². The summed E-state index contributed by atoms with van der Waals surface area (Å²) in [5, 5.41) is 0. The van der Waals surface area contributed by atoms with Crippen LogP contribution in [0.1, 0.15) is 20.3 Å². The van der Waals surface area contributed by atoms with E-state index in [1.54, 1.807) is 6.92 Å². The molecule has 0 aromatic carbocycles. The summed E-state index contributed by atoms with van der Waals surface area (Å²) in [7, 11) is -3.40. The third-order valence-corrected chi connectivity index (χ3v) is 5.49. The van der Waals surface area contributed by atoms with Crippen molar-refractivity contribution in [2.75, 3.05) is 31.9 Å². The van der Waals surface area contributed by atoms with Crippen molar-refractivity contribution >= 4 is 15.9 Å². The molecule has 1 heterocycles. The third kappa shape index (κ3) is 3.86. The molecule has 1 aliphatic rings. The van der Waals surface area contributed by atoms with Crippen molar-refractivity contribution in [1.82, 2.24) is 9.21 Å². The van der Waals surface area contributed by atoms with E-state index in [1.807, 2.05) is 0 Å². The van der Waals surface area contributed by atoms with Crippen LogP contribution >= 0.6 is 0 Å². The van der Waals surface area contributed by atoms with E-state index in [4.69, 9.17) is 5.73 Å². The fraction of sp³-hybridized carbons (Fsp3) is 0.909. The molecule has 1 saturated heterocycles. The van der Waals surface area contributed by atoms with Crippen molar-refractivity contribution in [3.05, 3.63) is 0 Å². The molecule has 0 aromatic rings. The number of carbonyl (C=O) groups is 1. The number of hydrogen-bond acceptors (Lipinski definition) is 4. The summed E-state index contributed by atoms with van der Waals surface area (Å²) < 4.78 is 63.0. The lowest BCUT2D eigenvalue weighted by atomic mass is 10.0. The lowest BCUT2D eigenvalue weighted by molar-refractivity contribution is -0.194. The lowest BCUT2D eigenvalue weighted by Crippen LogP contribution is -2.64. The Hall–Kier alpha value is -0.870. The van der Waals surface area contributed by atoms with E-state index in [-0.39, 0.29) is 31.9 Å². The van der Waals surface area contributed by atoms with E-state index < -0.39 is 27.6 Å². The molecule has 1 amide bonds. The Bertz CT molecular complexity index is 483. The zero-order valence-electron chi connectivity index (χ0n) is 12.0. The Morgan fingerprint density at radius 2 is 1.67 bits per heavy atom. The van der Waals surface area contributed by atoms with Crippen molar-refractivity contribution in [2.45, 2.75) is 32.0 Å². The zero-order chi connectivity index (χ0) is 16.5. The second-order valence-electron chi connectivity index (χ2n) is 5.21. The molecule has 0 aromatic heterocycles. The highest BCUT2D eigenvalue weighted by molar-refractivity contribution is 7.89. The summed E-state index contributed by atoms with van der Waals surface area (Å²) in [5.41, 5.74) is 2.13. The van der Waals surface area contributed by atoms with Crippen LogP contribution in [0.3, 0.4) is 0 Å². The number of sulfonamides is 1. The molecule has 1 fully saturated rings. The molecule has 0 bridgehead atoms. The lowest BCUT2D eigenvalue weighted by Gasteiger charge is -2.38. The van der Waals surface area contributed by atoms with Crippen molar-refractivity contribution in [3.63, 3.8) is 0 Å². The van der Waals surface area contributed by atoms with Crippen LogP contribution < -0.4 is 5.73 Å². The maximum atomic E-state index is 12.7. The van der Waals surface area contributed by atoms with Gasteiger partial charge in [0.1, 0.15) is 0 Å². The van der Waals surface area contributed by atoms with Crippen LogP contribution in [0, 0.1) is 0 Å². The maximum Gasteiger partial charge on any atom is 0.415 e. The van der Waals surface area contributed by atoms with E-state index in [2.05, 4.69) is 0 Å². The summed E-state index contributed by atoms with van der Waals surface area (Å²) in [6.45, 7) is 2.13. The summed E-state index contributed by atoms with van der Waals surface area (Å²) >= 11 is 0. The first kappa shape index (κ1) is 18.2. The minimum Gasteiger partial charge on any atom is -0.338 e. The first-order valence-corrected chi connectivity index (χ1v) is 8.17. The van der Waals surface area contributed by atoms with Gasteiger partial charge in [0.15, 0.2) is 5.54 Å². The normalized spacial score (nSPS) is 21.1. The predicted molar refractivity (Wildman–Crippen MR) is 70.9 cm³/mol. The average Bonchev–Trinajstić information content (AvgIpc) is 2.36. The van der Waals surface area contributed by atoms with Gasteiger partial charge < -0.3 is 10.6 Å². The molecule has 0 radical (unpaired) electrons. The molecule has 2 N–H and O–H groups in total. The molecular weight excluding hydrogens is 311 g/mol. The highest BCUT2D eigenvalue weighted by Gasteiger charge is 2.55. The van der Waals surface area contributed by atoms with Gasteiger partial charge in [0.25, 0.3) is 5.91 Å². The fourth-order valence-corrected chi connectivity index (χ4v) is 3.50. The van der Waals surface area contributed by atoms with Crippen LogP contribution in [0.5, 0.6) is 0 Å². The van der Waals surface area contributed by atoms with Crippen molar-refractivity contribution in [2.24, 2.45) is 5.73 Å². The largest absolute Gasteiger partial charge is 0.415 e. The molecule has 1 rings (SSSR count). The summed E-state index contributed by atoms with van der Waals surface area (Å²) in [4.78, 5) is 12.8. The van der Waals surface area contributed by atoms with Crippen LogP contribution in [0.15, 0.2) is 0 Å². The number of carbonyl (C=O) groups excluding carboxylic acids is 1. The number of amides is 1. The van der Waals surface area contributed by atoms with Gasteiger partial charge in [-0.1, -0.05) is 6.92 Å². The molecule has 0 saturated carbocycles. The summed E-state index contributed by atoms with van der Waals surface area (Å²) in [6.07, 6.45) is -4.40. The van der Waals surface area contributed by atoms with Gasteiger partial charge in [0, 0.05) is 26.2 Å². The second kappa shape index (κ2) is 6.09. The fourth-order valence-electron chi connectivity index (χ4n) is 2.01. The number of halogens is 3. The van der Waals surface area contributed by atoms with Gasteiger partial charge >= 0.3 is 6.18 Å². The van der Waals surface area contributed by atoms with Gasteiger partial charge in [-0.2, -0.15) is 17.5 Å². The maximum absolute atomic E-state index is 12.7. The van der Waals surface area contributed by atoms with Crippen molar-refractivity contribution in [1.29, 1.82) is 0 Å². The average molecular weight is 331 g/mol. The Balaban J connectivity index is 2.72. The first-order chi connectivity index (χ1) is 9.43. The van der Waals surface area contributed by atoms with E-state index in [0.717, 1.165) is 4.90 Å². The molecule has 1 atom stereocenters. The monoisotopic (exact) mass is 331 g/mol. The van der Waals surface area contributed by atoms with Crippen LogP contribution in [0.2, 0.25) is 0 Å². The Morgan fingerprint density at radius 3 is 2.05 bits per heavy atom. The number of piperazine rings is 1. The minimum absolute atomic E-state index is 0.0119. The molecule has 21 heavy (non-hydrogen) atoms. The Kier molecular flexibility index (Phi) is 5.27. The van der Waals surface area contributed by atoms with Crippen molar-refractivity contribution in [3.8, 4) is 0 Å². The molecule has 10 heteroatoms. The van der Waals surface area contributed by atoms with Gasteiger partial charge in [0.2, 0.25) is 10.0 Å². The van der Waals surface area contributed by atoms with Gasteiger partial charge in [-0.3, -0.25) is 4.79 Å². The van der Waals surface area contributed by atoms with E-state index in [1.165, 1.54) is 4.31 Å². The quantitative estimate of drug-likeness (QED) is 0.795. The highest BCUT2D eigenvalue weighted by atomic mass is 32.2. The minimum atomic E-state index is -4.85. The van der Waals surface area contributed by atoms with E-state index in [0.29, 0.717) is 13.3 Å². The van der Waals surface area contributed by atoms with E-state index >= 15 is 0 Å². The third-order valence-electron chi connectivity index (χ3n) is 3.41. The molecule has 0 spiro atoms. The number of rotatable bonds is 4. The smallest absolute Gasteiger partial charge is 0.338 e. The number of nitrogens with two attached hydrogens (primary N) is 1. The second-order valence-corrected chi connectivity index (χ2v) is 7.30. The standard InChI is InChI=1S/C11H20F3N3O3S/c1-3-8-21(19,20)17-6-4-16(5-7-17)9(18)10(2,15)11(12,13)14/h3-8,15H2,1-2H3.